The average Bonchev–Trinajstić information content (AvgIpc) is 2.85. The number of anilines is 1. The fraction of sp³-hybridized carbons (Fsp3) is 0.200. The molecule has 1 atom stereocenters. The van der Waals surface area contributed by atoms with Gasteiger partial charge in [0.1, 0.15) is 4.60 Å². The number of carbonyl (C=O) groups is 1. The van der Waals surface area contributed by atoms with Crippen LogP contribution in [-0.2, 0) is 6.42 Å². The van der Waals surface area contributed by atoms with Crippen LogP contribution >= 0.6 is 15.9 Å². The molecule has 0 radical (unpaired) electrons. The van der Waals surface area contributed by atoms with E-state index in [0.29, 0.717) is 10.3 Å². The van der Waals surface area contributed by atoms with Crippen molar-refractivity contribution in [3.05, 3.63) is 58.3 Å². The highest BCUT2D eigenvalue weighted by atomic mass is 79.9. The number of carbonyl (C=O) groups excluding carboxylic acids is 1. The molecule has 0 saturated heterocycles. The number of nitrogens with zero attached hydrogens (tertiary/aromatic N) is 1. The van der Waals surface area contributed by atoms with E-state index in [1.54, 1.807) is 18.3 Å². The number of aromatic nitrogens is 1. The number of hydrogen-bond acceptors (Lipinski definition) is 2. The summed E-state index contributed by atoms with van der Waals surface area (Å²) in [6, 6.07) is 11.7. The number of fused-ring (bicyclic) bond motifs is 1. The maximum absolute atomic E-state index is 12.1. The number of aryl methyl sites for hydroxylation is 1. The van der Waals surface area contributed by atoms with Crippen molar-refractivity contribution in [1.29, 1.82) is 0 Å². The normalized spacial score (nSPS) is 16.6. The minimum atomic E-state index is -0.208. The van der Waals surface area contributed by atoms with Crippen LogP contribution in [0, 0.1) is 0 Å². The summed E-state index contributed by atoms with van der Waals surface area (Å²) in [6.45, 7) is 0. The zero-order valence-electron chi connectivity index (χ0n) is 10.8. The van der Waals surface area contributed by atoms with Gasteiger partial charge in [0.25, 0.3) is 0 Å². The summed E-state index contributed by atoms with van der Waals surface area (Å²) in [5, 5.41) is 5.82. The van der Waals surface area contributed by atoms with Gasteiger partial charge in [0, 0.05) is 6.20 Å². The highest BCUT2D eigenvalue weighted by Gasteiger charge is 2.23. The van der Waals surface area contributed by atoms with Gasteiger partial charge in [0.05, 0.1) is 11.7 Å². The molecule has 2 aromatic rings. The number of halogens is 1. The van der Waals surface area contributed by atoms with E-state index in [9.17, 15) is 4.79 Å². The van der Waals surface area contributed by atoms with Gasteiger partial charge in [-0.05, 0) is 52.0 Å². The fourth-order valence-electron chi connectivity index (χ4n) is 2.50. The zero-order chi connectivity index (χ0) is 13.9. The van der Waals surface area contributed by atoms with Gasteiger partial charge in [-0.15, -0.1) is 0 Å². The van der Waals surface area contributed by atoms with Gasteiger partial charge in [-0.2, -0.15) is 0 Å². The van der Waals surface area contributed by atoms with Crippen LogP contribution in [0.5, 0.6) is 0 Å². The lowest BCUT2D eigenvalue weighted by Gasteiger charge is -2.15. The first-order chi connectivity index (χ1) is 9.74. The quantitative estimate of drug-likeness (QED) is 0.825. The first kappa shape index (κ1) is 13.1. The first-order valence-electron chi connectivity index (χ1n) is 6.50. The molecule has 0 fully saturated rings. The lowest BCUT2D eigenvalue weighted by molar-refractivity contribution is 0.248. The van der Waals surface area contributed by atoms with Gasteiger partial charge in [0.15, 0.2) is 0 Å². The Bertz CT molecular complexity index is 645. The van der Waals surface area contributed by atoms with Crippen LogP contribution in [0.15, 0.2) is 47.2 Å². The molecule has 1 aliphatic rings. The number of urea groups is 1. The number of rotatable bonds is 2. The summed E-state index contributed by atoms with van der Waals surface area (Å²) in [7, 11) is 0. The van der Waals surface area contributed by atoms with Crippen molar-refractivity contribution in [2.75, 3.05) is 5.32 Å². The number of amides is 2. The Kier molecular flexibility index (Phi) is 3.69. The number of pyridine rings is 1. The average molecular weight is 332 g/mol. The Balaban J connectivity index is 1.68. The molecule has 1 aromatic heterocycles. The maximum atomic E-state index is 12.1. The summed E-state index contributed by atoms with van der Waals surface area (Å²) < 4.78 is 0.627. The number of nitrogens with one attached hydrogen (secondary N) is 2. The lowest BCUT2D eigenvalue weighted by atomic mass is 10.1. The van der Waals surface area contributed by atoms with E-state index in [1.165, 1.54) is 11.1 Å². The van der Waals surface area contributed by atoms with E-state index in [1.807, 2.05) is 12.1 Å². The molecular formula is C15H14BrN3O. The Morgan fingerprint density at radius 3 is 2.95 bits per heavy atom. The standard InChI is InChI=1S/C15H14BrN3O/c16-14-13(6-3-9-17-14)19-15(20)18-12-8-7-10-4-1-2-5-11(10)12/h1-6,9,12H,7-8H2,(H2,18,19,20)/t12-/m1/s1. The summed E-state index contributed by atoms with van der Waals surface area (Å²) >= 11 is 3.31. The van der Waals surface area contributed by atoms with Gasteiger partial charge >= 0.3 is 6.03 Å². The van der Waals surface area contributed by atoms with Gasteiger partial charge in [-0.1, -0.05) is 24.3 Å². The molecule has 3 rings (SSSR count). The van der Waals surface area contributed by atoms with E-state index in [-0.39, 0.29) is 12.1 Å². The summed E-state index contributed by atoms with van der Waals surface area (Å²) in [4.78, 5) is 16.1. The van der Waals surface area contributed by atoms with Crippen molar-refractivity contribution in [3.8, 4) is 0 Å². The molecular weight excluding hydrogens is 318 g/mol. The molecule has 20 heavy (non-hydrogen) atoms. The van der Waals surface area contributed by atoms with E-state index in [2.05, 4.69) is 43.7 Å². The Morgan fingerprint density at radius 2 is 2.10 bits per heavy atom. The molecule has 0 spiro atoms. The van der Waals surface area contributed by atoms with Crippen LogP contribution in [-0.4, -0.2) is 11.0 Å². The molecule has 102 valence electrons. The van der Waals surface area contributed by atoms with E-state index >= 15 is 0 Å². The van der Waals surface area contributed by atoms with Crippen molar-refractivity contribution in [1.82, 2.24) is 10.3 Å². The molecule has 0 bridgehead atoms. The molecule has 0 saturated carbocycles. The second-order valence-electron chi connectivity index (χ2n) is 4.73. The molecule has 2 N–H and O–H groups in total. The Labute approximate surface area is 125 Å². The molecule has 4 nitrogen and oxygen atoms in total. The SMILES string of the molecule is O=C(Nc1cccnc1Br)N[C@@H]1CCc2ccccc21. The van der Waals surface area contributed by atoms with Gasteiger partial charge in [0.2, 0.25) is 0 Å². The third kappa shape index (κ3) is 2.67. The maximum Gasteiger partial charge on any atom is 0.319 e. The number of benzene rings is 1. The smallest absolute Gasteiger partial charge is 0.319 e. The number of hydrogen-bond donors (Lipinski definition) is 2. The summed E-state index contributed by atoms with van der Waals surface area (Å²) in [6.07, 6.45) is 3.62. The van der Waals surface area contributed by atoms with Crippen molar-refractivity contribution >= 4 is 27.6 Å². The van der Waals surface area contributed by atoms with E-state index < -0.39 is 0 Å². The van der Waals surface area contributed by atoms with Crippen LogP contribution in [0.1, 0.15) is 23.6 Å². The van der Waals surface area contributed by atoms with Gasteiger partial charge < -0.3 is 10.6 Å². The lowest BCUT2D eigenvalue weighted by Crippen LogP contribution is -2.31. The molecule has 1 heterocycles. The third-order valence-electron chi connectivity index (χ3n) is 3.45. The van der Waals surface area contributed by atoms with Crippen molar-refractivity contribution in [2.24, 2.45) is 0 Å². The van der Waals surface area contributed by atoms with Gasteiger partial charge in [-0.25, -0.2) is 9.78 Å². The highest BCUT2D eigenvalue weighted by Crippen LogP contribution is 2.30. The predicted octanol–water partition coefficient (Wildman–Crippen LogP) is 3.65. The first-order valence-corrected chi connectivity index (χ1v) is 7.29. The van der Waals surface area contributed by atoms with E-state index in [4.69, 9.17) is 0 Å². The monoisotopic (exact) mass is 331 g/mol. The van der Waals surface area contributed by atoms with Crippen LogP contribution in [0.2, 0.25) is 0 Å². The van der Waals surface area contributed by atoms with Crippen molar-refractivity contribution < 1.29 is 4.79 Å². The second-order valence-corrected chi connectivity index (χ2v) is 5.48. The molecule has 5 heteroatoms. The van der Waals surface area contributed by atoms with Crippen LogP contribution < -0.4 is 10.6 Å². The molecule has 0 unspecified atom stereocenters. The largest absolute Gasteiger partial charge is 0.331 e. The summed E-state index contributed by atoms with van der Waals surface area (Å²) in [5.74, 6) is 0. The topological polar surface area (TPSA) is 54.0 Å². The minimum Gasteiger partial charge on any atom is -0.331 e. The third-order valence-corrected chi connectivity index (χ3v) is 4.08. The zero-order valence-corrected chi connectivity index (χ0v) is 12.4. The molecule has 1 aliphatic carbocycles. The molecule has 2 amide bonds. The second kappa shape index (κ2) is 5.63. The van der Waals surface area contributed by atoms with Crippen molar-refractivity contribution in [2.45, 2.75) is 18.9 Å². The molecule has 1 aromatic carbocycles. The van der Waals surface area contributed by atoms with E-state index in [0.717, 1.165) is 12.8 Å². The van der Waals surface area contributed by atoms with Crippen LogP contribution in [0.3, 0.4) is 0 Å². The Hall–Kier alpha value is -1.88. The highest BCUT2D eigenvalue weighted by molar-refractivity contribution is 9.10. The fourth-order valence-corrected chi connectivity index (χ4v) is 2.85. The minimum absolute atomic E-state index is 0.0849. The van der Waals surface area contributed by atoms with Crippen molar-refractivity contribution in [3.63, 3.8) is 0 Å². The molecule has 0 aliphatic heterocycles. The predicted molar refractivity (Wildman–Crippen MR) is 81.6 cm³/mol. The summed E-state index contributed by atoms with van der Waals surface area (Å²) in [5.41, 5.74) is 3.20. The van der Waals surface area contributed by atoms with Crippen LogP contribution in [0.25, 0.3) is 0 Å². The van der Waals surface area contributed by atoms with Gasteiger partial charge in [-0.3, -0.25) is 0 Å². The van der Waals surface area contributed by atoms with Crippen LogP contribution in [0.4, 0.5) is 10.5 Å². The Morgan fingerprint density at radius 1 is 1.25 bits per heavy atom.